The Morgan fingerprint density at radius 2 is 2.35 bits per heavy atom. The van der Waals surface area contributed by atoms with Gasteiger partial charge in [-0.3, -0.25) is 0 Å². The zero-order valence-electron chi connectivity index (χ0n) is 9.57. The molecule has 1 aromatic carbocycles. The van der Waals surface area contributed by atoms with Crippen molar-refractivity contribution in [3.63, 3.8) is 0 Å². The van der Waals surface area contributed by atoms with E-state index in [1.165, 1.54) is 13.2 Å². The number of aliphatic hydroxyl groups is 1. The number of methoxy groups -OCH3 is 1. The molecule has 0 amide bonds. The molecular weight excluding hydrogens is 244 g/mol. The lowest BCUT2D eigenvalue weighted by molar-refractivity contribution is -0.150. The lowest BCUT2D eigenvalue weighted by Gasteiger charge is -2.11. The van der Waals surface area contributed by atoms with Crippen LogP contribution in [0.1, 0.15) is 24.2 Å². The van der Waals surface area contributed by atoms with E-state index in [4.69, 9.17) is 16.3 Å². The van der Waals surface area contributed by atoms with Crippen molar-refractivity contribution in [1.82, 2.24) is 0 Å². The fourth-order valence-electron chi connectivity index (χ4n) is 1.92. The van der Waals surface area contributed by atoms with Gasteiger partial charge in [0.2, 0.25) is 0 Å². The predicted molar refractivity (Wildman–Crippen MR) is 62.2 cm³/mol. The third-order valence-electron chi connectivity index (χ3n) is 2.71. The minimum Gasteiger partial charge on any atom is -0.489 e. The first kappa shape index (κ1) is 12.2. The number of carbonyl (C=O) groups is 1. The Hall–Kier alpha value is -1.26. The molecule has 92 valence electrons. The number of fused-ring (bicyclic) bond motifs is 1. The van der Waals surface area contributed by atoms with E-state index >= 15 is 0 Å². The van der Waals surface area contributed by atoms with Gasteiger partial charge in [-0.2, -0.15) is 0 Å². The van der Waals surface area contributed by atoms with Crippen LogP contribution in [0.3, 0.4) is 0 Å². The molecule has 0 bridgehead atoms. The first-order valence-corrected chi connectivity index (χ1v) is 5.65. The summed E-state index contributed by atoms with van der Waals surface area (Å²) in [6.45, 7) is 1.94. The van der Waals surface area contributed by atoms with Gasteiger partial charge in [-0.25, -0.2) is 4.79 Å². The van der Waals surface area contributed by atoms with Gasteiger partial charge in [0.05, 0.1) is 12.1 Å². The third kappa shape index (κ3) is 2.23. The molecule has 0 saturated heterocycles. The average Bonchev–Trinajstić information content (AvgIpc) is 2.68. The van der Waals surface area contributed by atoms with E-state index < -0.39 is 12.1 Å². The predicted octanol–water partition coefficient (Wildman–Crippen LogP) is 1.87. The second-order valence-electron chi connectivity index (χ2n) is 4.05. The van der Waals surface area contributed by atoms with Crippen LogP contribution in [0, 0.1) is 0 Å². The van der Waals surface area contributed by atoms with Crippen molar-refractivity contribution in [1.29, 1.82) is 0 Å². The molecule has 2 atom stereocenters. The van der Waals surface area contributed by atoms with Gasteiger partial charge in [0.25, 0.3) is 0 Å². The number of ether oxygens (including phenoxy) is 2. The van der Waals surface area contributed by atoms with Crippen molar-refractivity contribution < 1.29 is 19.4 Å². The van der Waals surface area contributed by atoms with Gasteiger partial charge in [-0.05, 0) is 30.2 Å². The number of halogens is 1. The molecule has 2 rings (SSSR count). The normalized spacial score (nSPS) is 19.4. The molecule has 0 aromatic heterocycles. The van der Waals surface area contributed by atoms with Crippen LogP contribution in [0.4, 0.5) is 0 Å². The summed E-state index contributed by atoms with van der Waals surface area (Å²) in [5, 5.41) is 10.1. The summed E-state index contributed by atoms with van der Waals surface area (Å²) in [5.41, 5.74) is 1.33. The number of carbonyl (C=O) groups excluding carboxylic acids is 1. The molecule has 1 aliphatic rings. The monoisotopic (exact) mass is 256 g/mol. The van der Waals surface area contributed by atoms with E-state index in [2.05, 4.69) is 4.74 Å². The maximum absolute atomic E-state index is 11.2. The SMILES string of the molecule is COC(=O)C(O)c1cc(Cl)c2c(c1)CC(C)O2. The van der Waals surface area contributed by atoms with Gasteiger partial charge in [0.1, 0.15) is 11.9 Å². The van der Waals surface area contributed by atoms with Crippen LogP contribution in [0.15, 0.2) is 12.1 Å². The summed E-state index contributed by atoms with van der Waals surface area (Å²) in [4.78, 5) is 11.2. The molecule has 0 radical (unpaired) electrons. The Bertz CT molecular complexity index is 458. The van der Waals surface area contributed by atoms with Crippen molar-refractivity contribution in [2.75, 3.05) is 7.11 Å². The van der Waals surface area contributed by atoms with Crippen molar-refractivity contribution in [2.24, 2.45) is 0 Å². The molecule has 1 N–H and O–H groups in total. The van der Waals surface area contributed by atoms with E-state index in [0.717, 1.165) is 12.0 Å². The standard InChI is InChI=1S/C12H13ClO4/c1-6-3-8-4-7(10(14)12(15)16-2)5-9(13)11(8)17-6/h4-6,10,14H,3H2,1-2H3. The summed E-state index contributed by atoms with van der Waals surface area (Å²) in [5.74, 6) is -0.0621. The average molecular weight is 257 g/mol. The second kappa shape index (κ2) is 4.55. The Kier molecular flexibility index (Phi) is 3.26. The maximum atomic E-state index is 11.2. The van der Waals surface area contributed by atoms with Gasteiger partial charge in [0, 0.05) is 6.42 Å². The fourth-order valence-corrected chi connectivity index (χ4v) is 2.21. The largest absolute Gasteiger partial charge is 0.489 e. The Balaban J connectivity index is 2.36. The summed E-state index contributed by atoms with van der Waals surface area (Å²) in [6, 6.07) is 3.26. The molecule has 1 aromatic rings. The minimum absolute atomic E-state index is 0.0630. The quantitative estimate of drug-likeness (QED) is 0.821. The van der Waals surface area contributed by atoms with Crippen LogP contribution >= 0.6 is 11.6 Å². The van der Waals surface area contributed by atoms with Crippen LogP contribution in [-0.4, -0.2) is 24.3 Å². The summed E-state index contributed by atoms with van der Waals surface area (Å²) in [7, 11) is 1.23. The van der Waals surface area contributed by atoms with E-state index in [-0.39, 0.29) is 6.10 Å². The van der Waals surface area contributed by atoms with Gasteiger partial charge in [0.15, 0.2) is 6.10 Å². The van der Waals surface area contributed by atoms with E-state index in [9.17, 15) is 9.90 Å². The summed E-state index contributed by atoms with van der Waals surface area (Å²) >= 11 is 6.04. The van der Waals surface area contributed by atoms with E-state index in [0.29, 0.717) is 16.3 Å². The highest BCUT2D eigenvalue weighted by atomic mass is 35.5. The smallest absolute Gasteiger partial charge is 0.339 e. The maximum Gasteiger partial charge on any atom is 0.339 e. The van der Waals surface area contributed by atoms with Gasteiger partial charge in [-0.1, -0.05) is 11.6 Å². The summed E-state index contributed by atoms with van der Waals surface area (Å²) < 4.78 is 10.0. The number of benzene rings is 1. The van der Waals surface area contributed by atoms with Crippen molar-refractivity contribution in [3.05, 3.63) is 28.3 Å². The first-order chi connectivity index (χ1) is 8.02. The molecule has 5 heteroatoms. The molecular formula is C12H13ClO4. The highest BCUT2D eigenvalue weighted by Crippen LogP contribution is 2.38. The van der Waals surface area contributed by atoms with E-state index in [1.54, 1.807) is 6.07 Å². The zero-order chi connectivity index (χ0) is 12.6. The molecule has 0 aliphatic carbocycles. The Labute approximate surface area is 104 Å². The lowest BCUT2D eigenvalue weighted by Crippen LogP contribution is -2.13. The highest BCUT2D eigenvalue weighted by Gasteiger charge is 2.26. The van der Waals surface area contributed by atoms with Crippen LogP contribution in [0.25, 0.3) is 0 Å². The zero-order valence-corrected chi connectivity index (χ0v) is 10.3. The lowest BCUT2D eigenvalue weighted by atomic mass is 10.0. The molecule has 0 spiro atoms. The second-order valence-corrected chi connectivity index (χ2v) is 4.46. The number of esters is 1. The molecule has 4 nitrogen and oxygen atoms in total. The van der Waals surface area contributed by atoms with Gasteiger partial charge < -0.3 is 14.6 Å². The van der Waals surface area contributed by atoms with Crippen molar-refractivity contribution in [2.45, 2.75) is 25.6 Å². The van der Waals surface area contributed by atoms with Crippen LogP contribution in [0.5, 0.6) is 5.75 Å². The fraction of sp³-hybridized carbons (Fsp3) is 0.417. The molecule has 2 unspecified atom stereocenters. The van der Waals surface area contributed by atoms with Crippen molar-refractivity contribution in [3.8, 4) is 5.75 Å². The van der Waals surface area contributed by atoms with Crippen molar-refractivity contribution >= 4 is 17.6 Å². The van der Waals surface area contributed by atoms with Crippen LogP contribution < -0.4 is 4.74 Å². The topological polar surface area (TPSA) is 55.8 Å². The Morgan fingerprint density at radius 1 is 1.65 bits per heavy atom. The molecule has 1 heterocycles. The van der Waals surface area contributed by atoms with Gasteiger partial charge >= 0.3 is 5.97 Å². The van der Waals surface area contributed by atoms with Crippen LogP contribution in [-0.2, 0) is 16.0 Å². The molecule has 0 fully saturated rings. The van der Waals surface area contributed by atoms with Gasteiger partial charge in [-0.15, -0.1) is 0 Å². The molecule has 0 saturated carbocycles. The molecule has 17 heavy (non-hydrogen) atoms. The van der Waals surface area contributed by atoms with Crippen LogP contribution in [0.2, 0.25) is 5.02 Å². The Morgan fingerprint density at radius 3 is 3.00 bits per heavy atom. The number of hydrogen-bond acceptors (Lipinski definition) is 4. The number of hydrogen-bond donors (Lipinski definition) is 1. The summed E-state index contributed by atoms with van der Waals surface area (Å²) in [6.07, 6.45) is -0.525. The third-order valence-corrected chi connectivity index (χ3v) is 2.99. The molecule has 1 aliphatic heterocycles. The number of aliphatic hydroxyl groups excluding tert-OH is 1. The van der Waals surface area contributed by atoms with E-state index in [1.807, 2.05) is 6.92 Å². The highest BCUT2D eigenvalue weighted by molar-refractivity contribution is 6.32. The number of rotatable bonds is 2. The minimum atomic E-state index is -1.31. The first-order valence-electron chi connectivity index (χ1n) is 5.27.